The number of fused-ring (bicyclic) bond motifs is 1. The second kappa shape index (κ2) is 3.03. The highest BCUT2D eigenvalue weighted by Crippen LogP contribution is 2.29. The zero-order valence-electron chi connectivity index (χ0n) is 7.47. The molecule has 0 bridgehead atoms. The Morgan fingerprint density at radius 2 is 2.29 bits per heavy atom. The van der Waals surface area contributed by atoms with Gasteiger partial charge < -0.3 is 10.1 Å². The van der Waals surface area contributed by atoms with Gasteiger partial charge in [-0.1, -0.05) is 11.6 Å². The number of aromatic carboxylic acids is 1. The van der Waals surface area contributed by atoms with Crippen LogP contribution >= 0.6 is 11.6 Å². The van der Waals surface area contributed by atoms with Crippen LogP contribution in [0.3, 0.4) is 0 Å². The quantitative estimate of drug-likeness (QED) is 0.759. The van der Waals surface area contributed by atoms with E-state index < -0.39 is 5.97 Å². The number of aromatic nitrogens is 1. The predicted octanol–water partition coefficient (Wildman–Crippen LogP) is 2.83. The Labute approximate surface area is 85.3 Å². The standard InChI is InChI=1S/C10H8ClNO2/c1-5-4-7-6(2-3-12-7)9(11)8(5)10(13)14/h2-4,12H,1H3,(H,13,14). The van der Waals surface area contributed by atoms with Crippen molar-refractivity contribution in [2.45, 2.75) is 6.92 Å². The minimum Gasteiger partial charge on any atom is -0.478 e. The zero-order valence-corrected chi connectivity index (χ0v) is 8.22. The van der Waals surface area contributed by atoms with Gasteiger partial charge in [0.25, 0.3) is 0 Å². The third kappa shape index (κ3) is 1.17. The number of halogens is 1. The van der Waals surface area contributed by atoms with Crippen molar-refractivity contribution < 1.29 is 9.90 Å². The maximum atomic E-state index is 10.9. The number of hydrogen-bond acceptors (Lipinski definition) is 1. The van der Waals surface area contributed by atoms with Crippen LogP contribution in [0.4, 0.5) is 0 Å². The van der Waals surface area contributed by atoms with Crippen molar-refractivity contribution in [3.05, 3.63) is 34.5 Å². The minimum absolute atomic E-state index is 0.179. The number of hydrogen-bond donors (Lipinski definition) is 2. The molecule has 2 rings (SSSR count). The third-order valence-electron chi connectivity index (χ3n) is 2.20. The molecule has 1 aromatic heterocycles. The van der Waals surface area contributed by atoms with Crippen molar-refractivity contribution in [2.75, 3.05) is 0 Å². The fraction of sp³-hybridized carbons (Fsp3) is 0.100. The van der Waals surface area contributed by atoms with Crippen LogP contribution in [0.1, 0.15) is 15.9 Å². The average molecular weight is 210 g/mol. The molecule has 0 saturated carbocycles. The Bertz CT molecular complexity index is 516. The van der Waals surface area contributed by atoms with Crippen LogP contribution in [-0.2, 0) is 0 Å². The normalized spacial score (nSPS) is 10.7. The molecule has 2 N–H and O–H groups in total. The fourth-order valence-electron chi connectivity index (χ4n) is 1.55. The summed E-state index contributed by atoms with van der Waals surface area (Å²) in [5.41, 5.74) is 1.70. The van der Waals surface area contributed by atoms with Gasteiger partial charge in [0.05, 0.1) is 10.6 Å². The number of H-pyrrole nitrogens is 1. The van der Waals surface area contributed by atoms with Crippen LogP contribution in [0.2, 0.25) is 5.02 Å². The molecule has 0 aliphatic carbocycles. The summed E-state index contributed by atoms with van der Waals surface area (Å²) in [6, 6.07) is 3.55. The van der Waals surface area contributed by atoms with E-state index in [4.69, 9.17) is 16.7 Å². The number of aromatic amines is 1. The fourth-order valence-corrected chi connectivity index (χ4v) is 1.95. The lowest BCUT2D eigenvalue weighted by Gasteiger charge is -2.04. The Morgan fingerprint density at radius 3 is 2.93 bits per heavy atom. The lowest BCUT2D eigenvalue weighted by atomic mass is 10.1. The maximum Gasteiger partial charge on any atom is 0.337 e. The monoisotopic (exact) mass is 209 g/mol. The largest absolute Gasteiger partial charge is 0.478 e. The van der Waals surface area contributed by atoms with Gasteiger partial charge >= 0.3 is 5.97 Å². The third-order valence-corrected chi connectivity index (χ3v) is 2.60. The van der Waals surface area contributed by atoms with E-state index in [0.717, 1.165) is 10.9 Å². The van der Waals surface area contributed by atoms with E-state index in [-0.39, 0.29) is 5.56 Å². The molecule has 0 radical (unpaired) electrons. The average Bonchev–Trinajstić information content (AvgIpc) is 2.50. The van der Waals surface area contributed by atoms with Gasteiger partial charge in [0.1, 0.15) is 0 Å². The van der Waals surface area contributed by atoms with Crippen LogP contribution in [-0.4, -0.2) is 16.1 Å². The summed E-state index contributed by atoms with van der Waals surface area (Å²) in [5, 5.41) is 9.99. The van der Waals surface area contributed by atoms with Crippen LogP contribution < -0.4 is 0 Å². The Balaban J connectivity index is 2.89. The summed E-state index contributed by atoms with van der Waals surface area (Å²) < 4.78 is 0. The van der Waals surface area contributed by atoms with Gasteiger partial charge in [-0.2, -0.15) is 0 Å². The molecule has 72 valence electrons. The summed E-state index contributed by atoms with van der Waals surface area (Å²) in [5.74, 6) is -0.990. The van der Waals surface area contributed by atoms with Crippen molar-refractivity contribution in [3.8, 4) is 0 Å². The van der Waals surface area contributed by atoms with Gasteiger partial charge in [0.15, 0.2) is 0 Å². The number of carbonyl (C=O) groups is 1. The highest BCUT2D eigenvalue weighted by atomic mass is 35.5. The van der Waals surface area contributed by atoms with Gasteiger partial charge in [-0.05, 0) is 24.6 Å². The van der Waals surface area contributed by atoms with Gasteiger partial charge in [-0.15, -0.1) is 0 Å². The molecule has 0 atom stereocenters. The van der Waals surface area contributed by atoms with Crippen LogP contribution in [0.25, 0.3) is 10.9 Å². The van der Waals surface area contributed by atoms with E-state index in [1.807, 2.05) is 0 Å². The molecule has 2 aromatic rings. The lowest BCUT2D eigenvalue weighted by molar-refractivity contribution is 0.0696. The first-order valence-corrected chi connectivity index (χ1v) is 4.48. The molecule has 14 heavy (non-hydrogen) atoms. The molecule has 0 amide bonds. The van der Waals surface area contributed by atoms with E-state index in [9.17, 15) is 4.79 Å². The second-order valence-corrected chi connectivity index (χ2v) is 3.50. The first-order chi connectivity index (χ1) is 6.61. The minimum atomic E-state index is -0.990. The molecule has 3 nitrogen and oxygen atoms in total. The molecular weight excluding hydrogens is 202 g/mol. The van der Waals surface area contributed by atoms with E-state index >= 15 is 0 Å². The van der Waals surface area contributed by atoms with Crippen LogP contribution in [0, 0.1) is 6.92 Å². The van der Waals surface area contributed by atoms with Crippen molar-refractivity contribution in [1.29, 1.82) is 0 Å². The Hall–Kier alpha value is -1.48. The van der Waals surface area contributed by atoms with Gasteiger partial charge in [-0.25, -0.2) is 4.79 Å². The van der Waals surface area contributed by atoms with Crippen LogP contribution in [0.15, 0.2) is 18.3 Å². The summed E-state index contributed by atoms with van der Waals surface area (Å²) >= 11 is 5.98. The van der Waals surface area contributed by atoms with Crippen molar-refractivity contribution in [3.63, 3.8) is 0 Å². The maximum absolute atomic E-state index is 10.9. The molecule has 1 aromatic carbocycles. The first-order valence-electron chi connectivity index (χ1n) is 4.10. The molecule has 0 aliphatic rings. The van der Waals surface area contributed by atoms with Crippen molar-refractivity contribution in [2.24, 2.45) is 0 Å². The number of rotatable bonds is 1. The first kappa shape index (κ1) is 9.09. The molecule has 0 aliphatic heterocycles. The molecule has 0 fully saturated rings. The smallest absolute Gasteiger partial charge is 0.337 e. The molecule has 1 heterocycles. The summed E-state index contributed by atoms with van der Waals surface area (Å²) in [6.45, 7) is 1.73. The summed E-state index contributed by atoms with van der Waals surface area (Å²) in [4.78, 5) is 13.9. The number of benzene rings is 1. The second-order valence-electron chi connectivity index (χ2n) is 3.13. The van der Waals surface area contributed by atoms with Gasteiger partial charge in [0, 0.05) is 17.1 Å². The van der Waals surface area contributed by atoms with E-state index in [1.165, 1.54) is 0 Å². The van der Waals surface area contributed by atoms with Crippen molar-refractivity contribution >= 4 is 28.5 Å². The molecule has 0 spiro atoms. The molecule has 4 heteroatoms. The number of carboxylic acid groups (broad SMARTS) is 1. The highest BCUT2D eigenvalue weighted by molar-refractivity contribution is 6.38. The van der Waals surface area contributed by atoms with Gasteiger partial charge in [-0.3, -0.25) is 0 Å². The SMILES string of the molecule is Cc1cc2[nH]ccc2c(Cl)c1C(=O)O. The highest BCUT2D eigenvalue weighted by Gasteiger charge is 2.15. The summed E-state index contributed by atoms with van der Waals surface area (Å²) in [6.07, 6.45) is 1.74. The number of aryl methyl sites for hydroxylation is 1. The Morgan fingerprint density at radius 1 is 1.57 bits per heavy atom. The predicted molar refractivity (Wildman–Crippen MR) is 55.0 cm³/mol. The summed E-state index contributed by atoms with van der Waals surface area (Å²) in [7, 11) is 0. The topological polar surface area (TPSA) is 53.1 Å². The number of nitrogens with one attached hydrogen (secondary N) is 1. The lowest BCUT2D eigenvalue weighted by Crippen LogP contribution is -2.00. The van der Waals surface area contributed by atoms with E-state index in [1.54, 1.807) is 25.3 Å². The number of carboxylic acids is 1. The molecular formula is C10H8ClNO2. The van der Waals surface area contributed by atoms with Crippen LogP contribution in [0.5, 0.6) is 0 Å². The van der Waals surface area contributed by atoms with Crippen molar-refractivity contribution in [1.82, 2.24) is 4.98 Å². The van der Waals surface area contributed by atoms with E-state index in [2.05, 4.69) is 4.98 Å². The Kier molecular flexibility index (Phi) is 1.97. The zero-order chi connectivity index (χ0) is 10.3. The van der Waals surface area contributed by atoms with E-state index in [0.29, 0.717) is 10.6 Å². The molecule has 0 saturated heterocycles. The molecule has 0 unspecified atom stereocenters. The van der Waals surface area contributed by atoms with Gasteiger partial charge in [0.2, 0.25) is 0 Å².